The van der Waals surface area contributed by atoms with Crippen molar-refractivity contribution in [2.75, 3.05) is 0 Å². The van der Waals surface area contributed by atoms with Gasteiger partial charge in [0.1, 0.15) is 0 Å². The first-order valence-electron chi connectivity index (χ1n) is 17.7. The Bertz CT molecular complexity index is 2600. The van der Waals surface area contributed by atoms with Crippen molar-refractivity contribution in [3.63, 3.8) is 0 Å². The number of benzene rings is 6. The van der Waals surface area contributed by atoms with Crippen molar-refractivity contribution in [1.82, 2.24) is 4.57 Å². The first-order chi connectivity index (χ1) is 25.0. The highest BCUT2D eigenvalue weighted by molar-refractivity contribution is 7.26. The molecular weight excluding hydrogens is 637 g/mol. The highest BCUT2D eigenvalue weighted by atomic mass is 32.1. The standard InChI is InChI=1S/C48H40N2S/c1-5-15-40-34(4)50(46-29-26-38(31-44(40)46)41-21-14-22-43-42-20-12-13-23-47(42)51-48(41)43)39-27-24-37(25-28-39)45(30-32(2)35-16-8-6-9-17-35)49-33(3)36-18-10-7-11-19-36/h5-32H,1-4H3/b15-5-,45-30-,49-33+. The summed E-state index contributed by atoms with van der Waals surface area (Å²) in [5.74, 6) is 0.208. The summed E-state index contributed by atoms with van der Waals surface area (Å²) >= 11 is 1.88. The van der Waals surface area contributed by atoms with Gasteiger partial charge in [0.15, 0.2) is 0 Å². The SMILES string of the molecule is C/C=C\c1c(C)n(-c2ccc(C(=C/C(C)c3ccccc3)/N=C(\C)c3ccccc3)cc2)c2ccc(-c3cccc4c3sc3ccccc34)cc12. The number of aliphatic imine (C=N–C) groups is 1. The normalized spacial score (nSPS) is 13.2. The van der Waals surface area contributed by atoms with Crippen molar-refractivity contribution in [2.24, 2.45) is 4.99 Å². The van der Waals surface area contributed by atoms with Crippen LogP contribution in [0, 0.1) is 6.92 Å². The second-order valence-corrected chi connectivity index (χ2v) is 14.3. The van der Waals surface area contributed by atoms with Gasteiger partial charge in [0.25, 0.3) is 0 Å². The average molecular weight is 677 g/mol. The lowest BCUT2D eigenvalue weighted by atomic mass is 9.98. The fraction of sp³-hybridized carbons (Fsp3) is 0.104. The zero-order chi connectivity index (χ0) is 34.9. The minimum Gasteiger partial charge on any atom is -0.313 e. The highest BCUT2D eigenvalue weighted by Crippen LogP contribution is 2.41. The van der Waals surface area contributed by atoms with Gasteiger partial charge in [-0.3, -0.25) is 4.99 Å². The molecule has 0 aliphatic carbocycles. The molecule has 0 radical (unpaired) electrons. The maximum absolute atomic E-state index is 5.22. The Morgan fingerprint density at radius 2 is 1.41 bits per heavy atom. The molecule has 51 heavy (non-hydrogen) atoms. The molecule has 2 nitrogen and oxygen atoms in total. The van der Waals surface area contributed by atoms with Crippen LogP contribution >= 0.6 is 11.3 Å². The minimum absolute atomic E-state index is 0.208. The molecule has 0 spiro atoms. The molecule has 0 saturated carbocycles. The van der Waals surface area contributed by atoms with E-state index in [2.05, 4.69) is 190 Å². The minimum atomic E-state index is 0.208. The number of hydrogen-bond donors (Lipinski definition) is 0. The molecule has 0 bridgehead atoms. The van der Waals surface area contributed by atoms with E-state index >= 15 is 0 Å². The zero-order valence-corrected chi connectivity index (χ0v) is 30.3. The molecule has 0 amide bonds. The summed E-state index contributed by atoms with van der Waals surface area (Å²) in [6.45, 7) is 8.67. The summed E-state index contributed by atoms with van der Waals surface area (Å²) in [5, 5.41) is 3.91. The number of aromatic nitrogens is 1. The molecule has 1 atom stereocenters. The van der Waals surface area contributed by atoms with Crippen LogP contribution < -0.4 is 0 Å². The van der Waals surface area contributed by atoms with Gasteiger partial charge in [-0.25, -0.2) is 0 Å². The summed E-state index contributed by atoms with van der Waals surface area (Å²) in [6.07, 6.45) is 6.68. The second kappa shape index (κ2) is 13.9. The average Bonchev–Trinajstić information content (AvgIpc) is 3.69. The Morgan fingerprint density at radius 3 is 2.18 bits per heavy atom. The van der Waals surface area contributed by atoms with Crippen molar-refractivity contribution >= 4 is 59.9 Å². The van der Waals surface area contributed by atoms with E-state index in [9.17, 15) is 0 Å². The van der Waals surface area contributed by atoms with Crippen LogP contribution in [0.2, 0.25) is 0 Å². The van der Waals surface area contributed by atoms with Gasteiger partial charge in [-0.2, -0.15) is 0 Å². The van der Waals surface area contributed by atoms with E-state index in [1.165, 1.54) is 59.0 Å². The summed E-state index contributed by atoms with van der Waals surface area (Å²) in [7, 11) is 0. The monoisotopic (exact) mass is 676 g/mol. The third-order valence-electron chi connectivity index (χ3n) is 9.94. The first-order valence-corrected chi connectivity index (χ1v) is 18.5. The first kappa shape index (κ1) is 32.4. The van der Waals surface area contributed by atoms with Crippen LogP contribution in [0.4, 0.5) is 0 Å². The predicted molar refractivity (Wildman–Crippen MR) is 223 cm³/mol. The van der Waals surface area contributed by atoms with Crippen molar-refractivity contribution in [3.05, 3.63) is 186 Å². The van der Waals surface area contributed by atoms with Gasteiger partial charge in [0.2, 0.25) is 0 Å². The Balaban J connectivity index is 1.21. The van der Waals surface area contributed by atoms with E-state index in [1.807, 2.05) is 17.4 Å². The summed E-state index contributed by atoms with van der Waals surface area (Å²) < 4.78 is 5.06. The van der Waals surface area contributed by atoms with Crippen molar-refractivity contribution < 1.29 is 0 Å². The molecule has 0 fully saturated rings. The van der Waals surface area contributed by atoms with Crippen LogP contribution in [-0.4, -0.2) is 10.3 Å². The lowest BCUT2D eigenvalue weighted by molar-refractivity contribution is 0.967. The number of thiophene rings is 1. The van der Waals surface area contributed by atoms with Crippen LogP contribution in [0.5, 0.6) is 0 Å². The number of rotatable bonds is 8. The van der Waals surface area contributed by atoms with E-state index in [0.29, 0.717) is 0 Å². The third-order valence-corrected chi connectivity index (χ3v) is 11.2. The molecule has 248 valence electrons. The van der Waals surface area contributed by atoms with Crippen LogP contribution in [0.3, 0.4) is 0 Å². The maximum Gasteiger partial charge on any atom is 0.0671 e. The number of nitrogens with zero attached hydrogens (tertiary/aromatic N) is 2. The Labute approximate surface area is 304 Å². The highest BCUT2D eigenvalue weighted by Gasteiger charge is 2.17. The lowest BCUT2D eigenvalue weighted by Gasteiger charge is -2.13. The molecule has 8 aromatic rings. The molecule has 2 aromatic heterocycles. The number of fused-ring (bicyclic) bond motifs is 4. The lowest BCUT2D eigenvalue weighted by Crippen LogP contribution is -1.99. The molecule has 0 aliphatic rings. The van der Waals surface area contributed by atoms with Gasteiger partial charge in [0.05, 0.1) is 11.2 Å². The van der Waals surface area contributed by atoms with Crippen LogP contribution in [-0.2, 0) is 0 Å². The summed E-state index contributed by atoms with van der Waals surface area (Å²) in [5.41, 5.74) is 12.8. The van der Waals surface area contributed by atoms with Crippen LogP contribution in [0.1, 0.15) is 54.6 Å². The Kier molecular flexibility index (Phi) is 8.81. The van der Waals surface area contributed by atoms with Crippen molar-refractivity contribution in [2.45, 2.75) is 33.6 Å². The quantitative estimate of drug-likeness (QED) is 0.143. The molecule has 3 heteroatoms. The zero-order valence-electron chi connectivity index (χ0n) is 29.5. The molecule has 0 N–H and O–H groups in total. The number of hydrogen-bond acceptors (Lipinski definition) is 2. The second-order valence-electron chi connectivity index (χ2n) is 13.2. The fourth-order valence-corrected chi connectivity index (χ4v) is 8.53. The Hall–Kier alpha value is -5.77. The predicted octanol–water partition coefficient (Wildman–Crippen LogP) is 13.7. The smallest absolute Gasteiger partial charge is 0.0671 e. The Morgan fingerprint density at radius 1 is 0.706 bits per heavy atom. The molecule has 8 rings (SSSR count). The number of allylic oxidation sites excluding steroid dienone is 2. The van der Waals surface area contributed by atoms with E-state index in [1.54, 1.807) is 0 Å². The molecule has 6 aromatic carbocycles. The molecule has 1 unspecified atom stereocenters. The molecule has 0 aliphatic heterocycles. The van der Waals surface area contributed by atoms with Gasteiger partial charge in [-0.05, 0) is 78.9 Å². The van der Waals surface area contributed by atoms with Gasteiger partial charge >= 0.3 is 0 Å². The largest absolute Gasteiger partial charge is 0.313 e. The van der Waals surface area contributed by atoms with E-state index in [-0.39, 0.29) is 5.92 Å². The topological polar surface area (TPSA) is 17.3 Å². The van der Waals surface area contributed by atoms with Gasteiger partial charge in [0, 0.05) is 54.1 Å². The third kappa shape index (κ3) is 6.15. The van der Waals surface area contributed by atoms with Gasteiger partial charge in [-0.1, -0.05) is 140 Å². The molecular formula is C48H40N2S. The van der Waals surface area contributed by atoms with E-state index in [4.69, 9.17) is 4.99 Å². The van der Waals surface area contributed by atoms with Crippen LogP contribution in [0.25, 0.3) is 59.7 Å². The summed E-state index contributed by atoms with van der Waals surface area (Å²) in [4.78, 5) is 5.22. The molecule has 2 heterocycles. The van der Waals surface area contributed by atoms with Gasteiger partial charge < -0.3 is 4.57 Å². The van der Waals surface area contributed by atoms with E-state index < -0.39 is 0 Å². The van der Waals surface area contributed by atoms with Crippen LogP contribution in [0.15, 0.2) is 163 Å². The van der Waals surface area contributed by atoms with Crippen molar-refractivity contribution in [1.29, 1.82) is 0 Å². The maximum atomic E-state index is 5.22. The van der Waals surface area contributed by atoms with Crippen molar-refractivity contribution in [3.8, 4) is 16.8 Å². The molecule has 0 saturated heterocycles. The summed E-state index contributed by atoms with van der Waals surface area (Å²) in [6, 6.07) is 52.4. The van der Waals surface area contributed by atoms with E-state index in [0.717, 1.165) is 28.2 Å². The fourth-order valence-electron chi connectivity index (χ4n) is 7.29. The van der Waals surface area contributed by atoms with Gasteiger partial charge in [-0.15, -0.1) is 11.3 Å².